The first kappa shape index (κ1) is 10.2. The Morgan fingerprint density at radius 1 is 1.62 bits per heavy atom. The molecule has 0 spiro atoms. The van der Waals surface area contributed by atoms with Crippen molar-refractivity contribution in [2.45, 2.75) is 32.2 Å². The Hall–Kier alpha value is -0.850. The molecule has 1 aromatic rings. The third-order valence-corrected chi connectivity index (χ3v) is 2.80. The molecular formula is C10H14N2S. The number of rotatable bonds is 3. The molecule has 0 saturated heterocycles. The molecule has 0 unspecified atom stereocenters. The highest BCUT2D eigenvalue weighted by Crippen LogP contribution is 2.18. The number of nitrogens with zero attached hydrogens (tertiary/aromatic N) is 1. The SMILES string of the molecule is CC(C)(N)CCc1cc(C#N)cs1. The van der Waals surface area contributed by atoms with E-state index in [1.54, 1.807) is 11.3 Å². The second kappa shape index (κ2) is 3.91. The van der Waals surface area contributed by atoms with Gasteiger partial charge in [0.1, 0.15) is 0 Å². The predicted molar refractivity (Wildman–Crippen MR) is 55.6 cm³/mol. The maximum Gasteiger partial charge on any atom is 0.1000 e. The Morgan fingerprint density at radius 2 is 2.31 bits per heavy atom. The molecule has 0 radical (unpaired) electrons. The minimum Gasteiger partial charge on any atom is -0.326 e. The van der Waals surface area contributed by atoms with Crippen LogP contribution in [0.15, 0.2) is 11.4 Å². The predicted octanol–water partition coefficient (Wildman–Crippen LogP) is 2.29. The summed E-state index contributed by atoms with van der Waals surface area (Å²) < 4.78 is 0. The fraction of sp³-hybridized carbons (Fsp3) is 0.500. The molecule has 3 heteroatoms. The molecule has 13 heavy (non-hydrogen) atoms. The number of aryl methyl sites for hydroxylation is 1. The largest absolute Gasteiger partial charge is 0.326 e. The van der Waals surface area contributed by atoms with E-state index in [1.165, 1.54) is 4.88 Å². The molecule has 1 aromatic heterocycles. The highest BCUT2D eigenvalue weighted by molar-refractivity contribution is 7.10. The van der Waals surface area contributed by atoms with Crippen molar-refractivity contribution in [3.8, 4) is 6.07 Å². The zero-order valence-corrected chi connectivity index (χ0v) is 8.82. The molecule has 2 nitrogen and oxygen atoms in total. The fourth-order valence-corrected chi connectivity index (χ4v) is 1.83. The molecule has 0 saturated carbocycles. The van der Waals surface area contributed by atoms with Gasteiger partial charge in [0.25, 0.3) is 0 Å². The minimum atomic E-state index is -0.114. The van der Waals surface area contributed by atoms with Gasteiger partial charge >= 0.3 is 0 Å². The van der Waals surface area contributed by atoms with Crippen molar-refractivity contribution in [1.29, 1.82) is 5.26 Å². The quantitative estimate of drug-likeness (QED) is 0.802. The zero-order valence-electron chi connectivity index (χ0n) is 8.00. The average Bonchev–Trinajstić information content (AvgIpc) is 2.47. The molecule has 0 aromatic carbocycles. The van der Waals surface area contributed by atoms with Crippen molar-refractivity contribution in [3.05, 3.63) is 21.9 Å². The van der Waals surface area contributed by atoms with Crippen molar-refractivity contribution in [3.63, 3.8) is 0 Å². The first-order chi connectivity index (χ1) is 6.01. The summed E-state index contributed by atoms with van der Waals surface area (Å²) in [4.78, 5) is 1.25. The van der Waals surface area contributed by atoms with Crippen LogP contribution in [0, 0.1) is 11.3 Å². The molecule has 0 fully saturated rings. The van der Waals surface area contributed by atoms with Crippen LogP contribution in [-0.2, 0) is 6.42 Å². The highest BCUT2D eigenvalue weighted by atomic mass is 32.1. The van der Waals surface area contributed by atoms with Gasteiger partial charge in [0.05, 0.1) is 11.6 Å². The first-order valence-electron chi connectivity index (χ1n) is 4.28. The molecular weight excluding hydrogens is 180 g/mol. The second-order valence-electron chi connectivity index (χ2n) is 3.90. The lowest BCUT2D eigenvalue weighted by Gasteiger charge is -2.17. The molecule has 1 heterocycles. The third-order valence-electron chi connectivity index (χ3n) is 1.80. The van der Waals surface area contributed by atoms with Crippen LogP contribution in [0.5, 0.6) is 0 Å². The average molecular weight is 194 g/mol. The van der Waals surface area contributed by atoms with Crippen molar-refractivity contribution >= 4 is 11.3 Å². The number of nitrogens with two attached hydrogens (primary N) is 1. The van der Waals surface area contributed by atoms with Gasteiger partial charge in [-0.2, -0.15) is 5.26 Å². The summed E-state index contributed by atoms with van der Waals surface area (Å²) in [5, 5.41) is 10.5. The number of thiophene rings is 1. The van der Waals surface area contributed by atoms with Crippen molar-refractivity contribution in [1.82, 2.24) is 0 Å². The van der Waals surface area contributed by atoms with Gasteiger partial charge < -0.3 is 5.73 Å². The monoisotopic (exact) mass is 194 g/mol. The summed E-state index contributed by atoms with van der Waals surface area (Å²) in [6.07, 6.45) is 1.92. The molecule has 0 bridgehead atoms. The van der Waals surface area contributed by atoms with Gasteiger partial charge in [0.15, 0.2) is 0 Å². The summed E-state index contributed by atoms with van der Waals surface area (Å²) in [7, 11) is 0. The lowest BCUT2D eigenvalue weighted by Crippen LogP contribution is -2.32. The number of nitriles is 1. The minimum absolute atomic E-state index is 0.114. The third kappa shape index (κ3) is 3.58. The van der Waals surface area contributed by atoms with Crippen molar-refractivity contribution in [2.75, 3.05) is 0 Å². The van der Waals surface area contributed by atoms with E-state index in [0.717, 1.165) is 18.4 Å². The summed E-state index contributed by atoms with van der Waals surface area (Å²) in [5.74, 6) is 0. The molecule has 1 rings (SSSR count). The van der Waals surface area contributed by atoms with Gasteiger partial charge in [-0.15, -0.1) is 11.3 Å². The Balaban J connectivity index is 2.52. The van der Waals surface area contributed by atoms with Crippen LogP contribution >= 0.6 is 11.3 Å². The smallest absolute Gasteiger partial charge is 0.1000 e. The molecule has 0 amide bonds. The molecule has 70 valence electrons. The first-order valence-corrected chi connectivity index (χ1v) is 5.15. The van der Waals surface area contributed by atoms with E-state index in [0.29, 0.717) is 0 Å². The molecule has 0 aliphatic heterocycles. The maximum absolute atomic E-state index is 8.61. The van der Waals surface area contributed by atoms with Crippen LogP contribution in [0.3, 0.4) is 0 Å². The van der Waals surface area contributed by atoms with Crippen LogP contribution in [0.1, 0.15) is 30.7 Å². The van der Waals surface area contributed by atoms with E-state index >= 15 is 0 Å². The van der Waals surface area contributed by atoms with Crippen molar-refractivity contribution in [2.24, 2.45) is 5.73 Å². The lowest BCUT2D eigenvalue weighted by molar-refractivity contribution is 0.478. The number of hydrogen-bond acceptors (Lipinski definition) is 3. The molecule has 0 aliphatic carbocycles. The van der Waals surface area contributed by atoms with Crippen LogP contribution in [0.2, 0.25) is 0 Å². The van der Waals surface area contributed by atoms with Crippen LogP contribution in [0.25, 0.3) is 0 Å². The summed E-state index contributed by atoms with van der Waals surface area (Å²) in [6, 6.07) is 4.06. The van der Waals surface area contributed by atoms with E-state index in [-0.39, 0.29) is 5.54 Å². The van der Waals surface area contributed by atoms with Crippen LogP contribution in [0.4, 0.5) is 0 Å². The summed E-state index contributed by atoms with van der Waals surface area (Å²) >= 11 is 1.64. The number of hydrogen-bond donors (Lipinski definition) is 1. The van der Waals surface area contributed by atoms with E-state index in [2.05, 4.69) is 6.07 Å². The van der Waals surface area contributed by atoms with Gasteiger partial charge in [-0.25, -0.2) is 0 Å². The van der Waals surface area contributed by atoms with Gasteiger partial charge in [0.2, 0.25) is 0 Å². The Labute approximate surface area is 83.0 Å². The normalized spacial score (nSPS) is 11.2. The zero-order chi connectivity index (χ0) is 9.90. The Morgan fingerprint density at radius 3 is 2.77 bits per heavy atom. The summed E-state index contributed by atoms with van der Waals surface area (Å²) in [6.45, 7) is 4.04. The standard InChI is InChI=1S/C10H14N2S/c1-10(2,12)4-3-9-5-8(6-11)7-13-9/h5,7H,3-4,12H2,1-2H3. The Bertz CT molecular complexity index is 314. The molecule has 0 atom stereocenters. The van der Waals surface area contributed by atoms with E-state index in [4.69, 9.17) is 11.0 Å². The summed E-state index contributed by atoms with van der Waals surface area (Å²) in [5.41, 5.74) is 6.51. The van der Waals surface area contributed by atoms with Gasteiger partial charge in [-0.05, 0) is 32.8 Å². The van der Waals surface area contributed by atoms with Gasteiger partial charge in [-0.3, -0.25) is 0 Å². The van der Waals surface area contributed by atoms with Crippen molar-refractivity contribution < 1.29 is 0 Å². The molecule has 0 aliphatic rings. The second-order valence-corrected chi connectivity index (χ2v) is 4.90. The van der Waals surface area contributed by atoms with Crippen LogP contribution < -0.4 is 5.73 Å². The van der Waals surface area contributed by atoms with Crippen LogP contribution in [-0.4, -0.2) is 5.54 Å². The van der Waals surface area contributed by atoms with E-state index in [9.17, 15) is 0 Å². The van der Waals surface area contributed by atoms with E-state index < -0.39 is 0 Å². The highest BCUT2D eigenvalue weighted by Gasteiger charge is 2.11. The maximum atomic E-state index is 8.61. The topological polar surface area (TPSA) is 49.8 Å². The van der Waals surface area contributed by atoms with Gasteiger partial charge in [-0.1, -0.05) is 0 Å². The lowest BCUT2D eigenvalue weighted by atomic mass is 9.99. The fourth-order valence-electron chi connectivity index (χ4n) is 1.02. The molecule has 2 N–H and O–H groups in total. The Kier molecular flexibility index (Phi) is 3.07. The van der Waals surface area contributed by atoms with E-state index in [1.807, 2.05) is 25.3 Å². The van der Waals surface area contributed by atoms with Gasteiger partial charge in [0, 0.05) is 15.8 Å².